The third-order valence-corrected chi connectivity index (χ3v) is 6.75. The lowest BCUT2D eigenvalue weighted by atomic mass is 9.90. The summed E-state index contributed by atoms with van der Waals surface area (Å²) in [7, 11) is 3.10. The van der Waals surface area contributed by atoms with Crippen molar-refractivity contribution in [2.75, 3.05) is 58.5 Å². The van der Waals surface area contributed by atoms with E-state index in [-0.39, 0.29) is 5.56 Å². The monoisotopic (exact) mass is 531 g/mol. The van der Waals surface area contributed by atoms with E-state index in [2.05, 4.69) is 0 Å². The Morgan fingerprint density at radius 1 is 0.895 bits per heavy atom. The predicted octanol–water partition coefficient (Wildman–Crippen LogP) is 1.48. The zero-order valence-electron chi connectivity index (χ0n) is 22.0. The average Bonchev–Trinajstić information content (AvgIpc) is 3.08. The molecule has 3 rings (SSSR count). The van der Waals surface area contributed by atoms with Crippen LogP contribution in [0.3, 0.4) is 0 Å². The second-order valence-corrected chi connectivity index (χ2v) is 8.93. The molecule has 5 N–H and O–H groups in total. The Bertz CT molecular complexity index is 1180. The van der Waals surface area contributed by atoms with Crippen LogP contribution in [0.1, 0.15) is 25.3 Å². The quantitative estimate of drug-likeness (QED) is 0.170. The molecule has 1 aromatic rings. The van der Waals surface area contributed by atoms with E-state index in [1.807, 2.05) is 23.3 Å². The number of aliphatic hydroxyl groups is 3. The second kappa shape index (κ2) is 12.2. The first-order chi connectivity index (χ1) is 18.1. The van der Waals surface area contributed by atoms with Crippen molar-refractivity contribution in [1.29, 1.82) is 0 Å². The van der Waals surface area contributed by atoms with Crippen LogP contribution in [0.15, 0.2) is 46.9 Å². The van der Waals surface area contributed by atoms with Crippen molar-refractivity contribution in [3.05, 3.63) is 52.5 Å². The molecule has 2 aliphatic carbocycles. The standard InChI is InChI=1S/C27H34N2O9/c1-5-28(7-9-37-3)15-11-17(30)21(18(31)12-15)23-25(34)24(27(36)26(23)35)22-19(32)13-16(14-20(22)33)29(6-2)8-10-38-4/h11-14,23,26,35H,5-10H2,1-4H3,(H3,30,31,32,33)/p+1. The van der Waals surface area contributed by atoms with Crippen molar-refractivity contribution < 1.29 is 49.2 Å². The van der Waals surface area contributed by atoms with E-state index >= 15 is 0 Å². The molecular formula is C27H35N2O9+. The van der Waals surface area contributed by atoms with Gasteiger partial charge in [0.15, 0.2) is 18.1 Å². The van der Waals surface area contributed by atoms with E-state index in [1.165, 1.54) is 24.3 Å². The van der Waals surface area contributed by atoms with Crippen molar-refractivity contribution in [1.82, 2.24) is 0 Å². The molecule has 11 nitrogen and oxygen atoms in total. The van der Waals surface area contributed by atoms with Gasteiger partial charge in [-0.2, -0.15) is 0 Å². The maximum atomic E-state index is 13.5. The summed E-state index contributed by atoms with van der Waals surface area (Å²) in [5, 5.41) is 53.8. The van der Waals surface area contributed by atoms with Gasteiger partial charge in [-0.1, -0.05) is 0 Å². The Morgan fingerprint density at radius 2 is 1.47 bits per heavy atom. The number of allylic oxidation sites excluding steroid dienone is 2. The SMILES string of the molecule is CCN(CCOC)c1cc(O)c(C2C(=O)C(=C3C(O)=CC(=[N+](CC)CCOC)C=C3O)C(=O)C2O)c(O)c1. The zero-order chi connectivity index (χ0) is 28.1. The van der Waals surface area contributed by atoms with Gasteiger partial charge in [-0.25, -0.2) is 4.58 Å². The van der Waals surface area contributed by atoms with Crippen LogP contribution in [0.5, 0.6) is 11.5 Å². The highest BCUT2D eigenvalue weighted by Gasteiger charge is 2.50. The Hall–Kier alpha value is -3.67. The molecule has 1 saturated carbocycles. The molecule has 11 heteroatoms. The van der Waals surface area contributed by atoms with Gasteiger partial charge in [0.2, 0.25) is 5.71 Å². The highest BCUT2D eigenvalue weighted by Crippen LogP contribution is 2.45. The second-order valence-electron chi connectivity index (χ2n) is 8.93. The van der Waals surface area contributed by atoms with Crippen molar-refractivity contribution in [3.63, 3.8) is 0 Å². The van der Waals surface area contributed by atoms with Gasteiger partial charge in [0.05, 0.1) is 35.8 Å². The molecule has 2 aliphatic rings. The molecule has 1 fully saturated rings. The fraction of sp³-hybridized carbons (Fsp3) is 0.444. The fourth-order valence-corrected chi connectivity index (χ4v) is 4.74. The molecule has 2 atom stereocenters. The summed E-state index contributed by atoms with van der Waals surface area (Å²) in [5.74, 6) is -5.64. The van der Waals surface area contributed by atoms with Crippen LogP contribution in [0, 0.1) is 0 Å². The summed E-state index contributed by atoms with van der Waals surface area (Å²) < 4.78 is 12.0. The minimum Gasteiger partial charge on any atom is -0.507 e. The lowest BCUT2D eigenvalue weighted by Crippen LogP contribution is -2.27. The number of nitrogens with zero attached hydrogens (tertiary/aromatic N) is 2. The van der Waals surface area contributed by atoms with Crippen LogP contribution in [-0.2, 0) is 19.1 Å². The van der Waals surface area contributed by atoms with Crippen molar-refractivity contribution >= 4 is 23.0 Å². The Morgan fingerprint density at radius 3 is 1.97 bits per heavy atom. The molecule has 0 bridgehead atoms. The number of ketones is 2. The molecule has 0 spiro atoms. The molecule has 0 amide bonds. The molecular weight excluding hydrogens is 496 g/mol. The van der Waals surface area contributed by atoms with E-state index in [9.17, 15) is 35.1 Å². The van der Waals surface area contributed by atoms with Gasteiger partial charge in [0, 0.05) is 50.7 Å². The predicted molar refractivity (Wildman–Crippen MR) is 139 cm³/mol. The summed E-state index contributed by atoms with van der Waals surface area (Å²) in [6.45, 7) is 6.57. The number of Topliss-reactive ketones (excluding diaryl/α,β-unsaturated/α-hetero) is 2. The molecule has 0 aromatic heterocycles. The van der Waals surface area contributed by atoms with Gasteiger partial charge < -0.3 is 39.9 Å². The van der Waals surface area contributed by atoms with E-state index in [0.29, 0.717) is 50.8 Å². The first-order valence-electron chi connectivity index (χ1n) is 12.3. The Kier molecular flexibility index (Phi) is 9.31. The van der Waals surface area contributed by atoms with Gasteiger partial charge in [0.25, 0.3) is 0 Å². The first-order valence-corrected chi connectivity index (χ1v) is 12.3. The maximum absolute atomic E-state index is 13.5. The number of phenolic OH excluding ortho intramolecular Hbond substituents is 2. The van der Waals surface area contributed by atoms with E-state index in [1.54, 1.807) is 14.2 Å². The minimum absolute atomic E-state index is 0.315. The normalized spacial score (nSPS) is 19.7. The lowest BCUT2D eigenvalue weighted by molar-refractivity contribution is -0.525. The summed E-state index contributed by atoms with van der Waals surface area (Å²) >= 11 is 0. The lowest BCUT2D eigenvalue weighted by Gasteiger charge is -2.25. The number of rotatable bonds is 10. The topological polar surface area (TPSA) is 160 Å². The van der Waals surface area contributed by atoms with Gasteiger partial charge >= 0.3 is 0 Å². The number of carbonyl (C=O) groups excluding carboxylic acids is 2. The Labute approximate surface area is 220 Å². The largest absolute Gasteiger partial charge is 0.507 e. The third kappa shape index (κ3) is 5.45. The van der Waals surface area contributed by atoms with Crippen molar-refractivity contribution in [2.45, 2.75) is 25.9 Å². The van der Waals surface area contributed by atoms with Crippen LogP contribution >= 0.6 is 0 Å². The molecule has 38 heavy (non-hydrogen) atoms. The number of benzene rings is 1. The molecule has 0 aliphatic heterocycles. The van der Waals surface area contributed by atoms with E-state index < -0.39 is 57.8 Å². The van der Waals surface area contributed by atoms with Gasteiger partial charge in [-0.15, -0.1) is 0 Å². The smallest absolute Gasteiger partial charge is 0.207 e. The highest BCUT2D eigenvalue weighted by atomic mass is 16.5. The molecule has 0 heterocycles. The number of ether oxygens (including phenoxy) is 2. The van der Waals surface area contributed by atoms with Crippen LogP contribution in [-0.4, -0.2) is 107 Å². The molecule has 2 unspecified atom stereocenters. The minimum atomic E-state index is -1.94. The van der Waals surface area contributed by atoms with E-state index in [0.717, 1.165) is 0 Å². The molecule has 0 saturated heterocycles. The average molecular weight is 532 g/mol. The van der Waals surface area contributed by atoms with Crippen molar-refractivity contribution in [2.24, 2.45) is 0 Å². The number of aromatic hydroxyl groups is 2. The summed E-state index contributed by atoms with van der Waals surface area (Å²) in [5.41, 5.74) is -0.440. The number of phenols is 2. The number of carbonyl (C=O) groups is 2. The Balaban J connectivity index is 2.06. The number of methoxy groups -OCH3 is 2. The number of likely N-dealkylation sites (N-methyl/N-ethyl adjacent to an activating group) is 2. The molecule has 1 aromatic carbocycles. The molecule has 0 radical (unpaired) electrons. The molecule has 206 valence electrons. The van der Waals surface area contributed by atoms with E-state index in [4.69, 9.17) is 9.47 Å². The summed E-state index contributed by atoms with van der Waals surface area (Å²) in [4.78, 5) is 28.3. The highest BCUT2D eigenvalue weighted by molar-refractivity contribution is 6.31. The first kappa shape index (κ1) is 28.9. The number of anilines is 1. The fourth-order valence-electron chi connectivity index (χ4n) is 4.74. The maximum Gasteiger partial charge on any atom is 0.207 e. The third-order valence-electron chi connectivity index (χ3n) is 6.75. The van der Waals surface area contributed by atoms with Gasteiger partial charge in [0.1, 0.15) is 42.3 Å². The van der Waals surface area contributed by atoms with Gasteiger partial charge in [-0.05, 0) is 13.8 Å². The van der Waals surface area contributed by atoms with Crippen LogP contribution in [0.25, 0.3) is 0 Å². The number of hydrogen-bond donors (Lipinski definition) is 5. The summed E-state index contributed by atoms with van der Waals surface area (Å²) in [6, 6.07) is 2.67. The summed E-state index contributed by atoms with van der Waals surface area (Å²) in [6.07, 6.45) is 0.679. The van der Waals surface area contributed by atoms with Crippen molar-refractivity contribution in [3.8, 4) is 11.5 Å². The number of hydrogen-bond acceptors (Lipinski definition) is 10. The van der Waals surface area contributed by atoms with Gasteiger partial charge in [-0.3, -0.25) is 9.59 Å². The van der Waals surface area contributed by atoms with Crippen LogP contribution < -0.4 is 4.90 Å². The zero-order valence-corrected chi connectivity index (χ0v) is 22.0. The van der Waals surface area contributed by atoms with Crippen LogP contribution in [0.2, 0.25) is 0 Å². The number of aliphatic hydroxyl groups excluding tert-OH is 3. The van der Waals surface area contributed by atoms with Crippen LogP contribution in [0.4, 0.5) is 5.69 Å².